The Hall–Kier alpha value is -2.08. The molecule has 0 fully saturated rings. The van der Waals surface area contributed by atoms with Crippen LogP contribution in [0, 0.1) is 13.8 Å². The Labute approximate surface area is 109 Å². The Morgan fingerprint density at radius 3 is 1.39 bits per heavy atom. The maximum Gasteiger partial charge on any atom is -0.0227 e. The van der Waals surface area contributed by atoms with Gasteiger partial charge in [0.05, 0.1) is 0 Å². The van der Waals surface area contributed by atoms with E-state index in [0.29, 0.717) is 0 Å². The molecule has 0 heterocycles. The molecule has 0 aliphatic carbocycles. The van der Waals surface area contributed by atoms with Crippen LogP contribution >= 0.6 is 0 Å². The minimum atomic E-state index is 1.27. The molecule has 2 rings (SSSR count). The predicted octanol–water partition coefficient (Wildman–Crippen LogP) is 5.03. The number of hydrogen-bond donors (Lipinski definition) is 0. The molecular weight excluding hydrogens is 216 g/mol. The summed E-state index contributed by atoms with van der Waals surface area (Å²) in [5.41, 5.74) is 5.15. The van der Waals surface area contributed by atoms with Gasteiger partial charge in [0.25, 0.3) is 0 Å². The average Bonchev–Trinajstić information content (AvgIpc) is 2.38. The molecule has 0 spiro atoms. The standard InChI is InChI=1S/C18H18/c1-15-9-3-5-11-17(15)13-7-8-14-18-12-6-4-10-16(18)2/h3-14H,1-2H3/b13-7-,14-8+. The van der Waals surface area contributed by atoms with Gasteiger partial charge in [-0.15, -0.1) is 0 Å². The second-order valence-electron chi connectivity index (χ2n) is 4.43. The van der Waals surface area contributed by atoms with E-state index in [2.05, 4.69) is 86.7 Å². The second kappa shape index (κ2) is 6.02. The van der Waals surface area contributed by atoms with Crippen LogP contribution in [0.3, 0.4) is 0 Å². The van der Waals surface area contributed by atoms with Crippen LogP contribution in [0.4, 0.5) is 0 Å². The van der Waals surface area contributed by atoms with Crippen LogP contribution in [0.15, 0.2) is 60.7 Å². The molecular formula is C18H18. The van der Waals surface area contributed by atoms with Crippen molar-refractivity contribution in [2.24, 2.45) is 0 Å². The lowest BCUT2D eigenvalue weighted by Crippen LogP contribution is -1.78. The van der Waals surface area contributed by atoms with Gasteiger partial charge in [-0.3, -0.25) is 0 Å². The van der Waals surface area contributed by atoms with Crippen molar-refractivity contribution < 1.29 is 0 Å². The summed E-state index contributed by atoms with van der Waals surface area (Å²) in [5.74, 6) is 0. The van der Waals surface area contributed by atoms with Crippen molar-refractivity contribution in [2.75, 3.05) is 0 Å². The lowest BCUT2D eigenvalue weighted by molar-refractivity contribution is 1.44. The van der Waals surface area contributed by atoms with E-state index in [1.165, 1.54) is 22.3 Å². The van der Waals surface area contributed by atoms with E-state index in [9.17, 15) is 0 Å². The zero-order chi connectivity index (χ0) is 12.8. The van der Waals surface area contributed by atoms with Crippen molar-refractivity contribution in [1.29, 1.82) is 0 Å². The molecule has 2 aromatic carbocycles. The molecule has 90 valence electrons. The van der Waals surface area contributed by atoms with Gasteiger partial charge in [-0.1, -0.05) is 72.8 Å². The summed E-state index contributed by atoms with van der Waals surface area (Å²) in [7, 11) is 0. The van der Waals surface area contributed by atoms with Gasteiger partial charge in [0, 0.05) is 0 Å². The van der Waals surface area contributed by atoms with Crippen LogP contribution < -0.4 is 0 Å². The summed E-state index contributed by atoms with van der Waals surface area (Å²) in [6.07, 6.45) is 8.47. The van der Waals surface area contributed by atoms with Crippen LogP contribution in [0.25, 0.3) is 12.2 Å². The van der Waals surface area contributed by atoms with Gasteiger partial charge in [-0.05, 0) is 36.1 Å². The van der Waals surface area contributed by atoms with Crippen molar-refractivity contribution in [3.05, 3.63) is 82.9 Å². The number of aryl methyl sites for hydroxylation is 2. The first-order valence-electron chi connectivity index (χ1n) is 6.23. The third-order valence-corrected chi connectivity index (χ3v) is 3.04. The molecule has 0 aliphatic rings. The number of hydrogen-bond acceptors (Lipinski definition) is 0. The molecule has 0 N–H and O–H groups in total. The van der Waals surface area contributed by atoms with E-state index in [1.54, 1.807) is 0 Å². The Morgan fingerprint density at radius 1 is 0.611 bits per heavy atom. The maximum absolute atomic E-state index is 2.14. The third-order valence-electron chi connectivity index (χ3n) is 3.04. The van der Waals surface area contributed by atoms with E-state index in [-0.39, 0.29) is 0 Å². The topological polar surface area (TPSA) is 0 Å². The van der Waals surface area contributed by atoms with Gasteiger partial charge in [-0.25, -0.2) is 0 Å². The largest absolute Gasteiger partial charge is 0.0620 e. The van der Waals surface area contributed by atoms with E-state index < -0.39 is 0 Å². The molecule has 0 nitrogen and oxygen atoms in total. The van der Waals surface area contributed by atoms with Crippen LogP contribution in [0.2, 0.25) is 0 Å². The van der Waals surface area contributed by atoms with Gasteiger partial charge >= 0.3 is 0 Å². The van der Waals surface area contributed by atoms with Crippen molar-refractivity contribution in [1.82, 2.24) is 0 Å². The van der Waals surface area contributed by atoms with Crippen LogP contribution in [0.5, 0.6) is 0 Å². The molecule has 0 unspecified atom stereocenters. The SMILES string of the molecule is Cc1ccccc1/C=C\C=C\c1ccccc1C. The quantitative estimate of drug-likeness (QED) is 0.653. The Kier molecular flexibility index (Phi) is 4.14. The summed E-state index contributed by atoms with van der Waals surface area (Å²) in [6, 6.07) is 16.8. The zero-order valence-corrected chi connectivity index (χ0v) is 10.9. The molecule has 0 atom stereocenters. The Morgan fingerprint density at radius 2 is 1.00 bits per heavy atom. The summed E-state index contributed by atoms with van der Waals surface area (Å²) < 4.78 is 0. The highest BCUT2D eigenvalue weighted by Crippen LogP contribution is 2.11. The second-order valence-corrected chi connectivity index (χ2v) is 4.43. The van der Waals surface area contributed by atoms with Gasteiger partial charge in [0.2, 0.25) is 0 Å². The fraction of sp³-hybridized carbons (Fsp3) is 0.111. The zero-order valence-electron chi connectivity index (χ0n) is 10.9. The first-order chi connectivity index (χ1) is 8.77. The molecule has 0 amide bonds. The number of allylic oxidation sites excluding steroid dienone is 2. The van der Waals surface area contributed by atoms with Crippen LogP contribution in [-0.2, 0) is 0 Å². The van der Waals surface area contributed by atoms with Gasteiger partial charge in [0.1, 0.15) is 0 Å². The normalized spacial score (nSPS) is 11.4. The van der Waals surface area contributed by atoms with Crippen molar-refractivity contribution in [3.8, 4) is 0 Å². The predicted molar refractivity (Wildman–Crippen MR) is 80.4 cm³/mol. The first kappa shape index (κ1) is 12.4. The lowest BCUT2D eigenvalue weighted by atomic mass is 10.1. The summed E-state index contributed by atoms with van der Waals surface area (Å²) in [6.45, 7) is 4.26. The highest BCUT2D eigenvalue weighted by atomic mass is 14.0. The maximum atomic E-state index is 2.14. The fourth-order valence-corrected chi connectivity index (χ4v) is 1.87. The summed E-state index contributed by atoms with van der Waals surface area (Å²) in [4.78, 5) is 0. The Balaban J connectivity index is 2.08. The van der Waals surface area contributed by atoms with E-state index in [0.717, 1.165) is 0 Å². The lowest BCUT2D eigenvalue weighted by Gasteiger charge is -1.98. The minimum absolute atomic E-state index is 1.27. The molecule has 0 saturated carbocycles. The summed E-state index contributed by atoms with van der Waals surface area (Å²) >= 11 is 0. The fourth-order valence-electron chi connectivity index (χ4n) is 1.87. The molecule has 0 bridgehead atoms. The molecule has 0 saturated heterocycles. The monoisotopic (exact) mass is 234 g/mol. The van der Waals surface area contributed by atoms with Crippen molar-refractivity contribution in [2.45, 2.75) is 13.8 Å². The number of benzene rings is 2. The van der Waals surface area contributed by atoms with E-state index in [4.69, 9.17) is 0 Å². The van der Waals surface area contributed by atoms with E-state index in [1.807, 2.05) is 0 Å². The average molecular weight is 234 g/mol. The summed E-state index contributed by atoms with van der Waals surface area (Å²) in [5, 5.41) is 0. The van der Waals surface area contributed by atoms with Gasteiger partial charge < -0.3 is 0 Å². The highest BCUT2D eigenvalue weighted by Gasteiger charge is 1.90. The van der Waals surface area contributed by atoms with Crippen molar-refractivity contribution >= 4 is 12.2 Å². The molecule has 0 aromatic heterocycles. The number of rotatable bonds is 3. The van der Waals surface area contributed by atoms with Crippen LogP contribution in [0.1, 0.15) is 22.3 Å². The Bertz CT molecular complexity index is 521. The van der Waals surface area contributed by atoms with Crippen molar-refractivity contribution in [3.63, 3.8) is 0 Å². The molecule has 0 radical (unpaired) electrons. The smallest absolute Gasteiger partial charge is 0.0227 e. The molecule has 18 heavy (non-hydrogen) atoms. The van der Waals surface area contributed by atoms with Gasteiger partial charge in [-0.2, -0.15) is 0 Å². The first-order valence-corrected chi connectivity index (χ1v) is 6.23. The molecule has 2 aromatic rings. The third kappa shape index (κ3) is 3.21. The molecule has 0 heteroatoms. The minimum Gasteiger partial charge on any atom is -0.0620 e. The van der Waals surface area contributed by atoms with E-state index >= 15 is 0 Å². The van der Waals surface area contributed by atoms with Crippen LogP contribution in [-0.4, -0.2) is 0 Å². The highest BCUT2D eigenvalue weighted by molar-refractivity contribution is 5.60. The molecule has 0 aliphatic heterocycles. The van der Waals surface area contributed by atoms with Gasteiger partial charge in [0.15, 0.2) is 0 Å².